The maximum Gasteiger partial charge on any atom is 0.411 e. The average Bonchev–Trinajstić information content (AvgIpc) is 2.48. The van der Waals surface area contributed by atoms with Gasteiger partial charge in [0.1, 0.15) is 6.61 Å². The molecule has 0 bridgehead atoms. The van der Waals surface area contributed by atoms with E-state index in [4.69, 9.17) is 10.5 Å². The van der Waals surface area contributed by atoms with Crippen molar-refractivity contribution in [1.82, 2.24) is 0 Å². The second-order valence-electron chi connectivity index (χ2n) is 5.03. The molecule has 0 aliphatic carbocycles. The monoisotopic (exact) mass is 298 g/mol. The Hall–Kier alpha value is -2.82. The summed E-state index contributed by atoms with van der Waals surface area (Å²) in [4.78, 5) is 22.5. The predicted molar refractivity (Wildman–Crippen MR) is 84.3 cm³/mol. The molecule has 5 heteroatoms. The standard InChI is InChI=1S/C17H18N2O3/c1-12-2-4-14(5-3-12)11-22-17(21)19-15-8-6-13(7-9-15)10-16(18)20/h2-9H,10-11H2,1H3,(H2,18,20)(H,19,21). The van der Waals surface area contributed by atoms with E-state index in [0.717, 1.165) is 16.7 Å². The normalized spacial score (nSPS) is 10.0. The van der Waals surface area contributed by atoms with E-state index in [0.29, 0.717) is 5.69 Å². The molecule has 0 aromatic heterocycles. The van der Waals surface area contributed by atoms with Gasteiger partial charge in [0.05, 0.1) is 6.42 Å². The van der Waals surface area contributed by atoms with E-state index in [2.05, 4.69) is 5.32 Å². The van der Waals surface area contributed by atoms with Crippen LogP contribution in [-0.2, 0) is 22.6 Å². The van der Waals surface area contributed by atoms with E-state index in [1.807, 2.05) is 31.2 Å². The molecule has 0 spiro atoms. The van der Waals surface area contributed by atoms with E-state index in [1.165, 1.54) is 0 Å². The fourth-order valence-corrected chi connectivity index (χ4v) is 1.89. The molecule has 0 unspecified atom stereocenters. The molecule has 0 aliphatic heterocycles. The molecule has 2 aromatic rings. The molecule has 2 amide bonds. The van der Waals surface area contributed by atoms with Crippen molar-refractivity contribution in [2.24, 2.45) is 5.73 Å². The number of nitrogens with one attached hydrogen (secondary N) is 1. The van der Waals surface area contributed by atoms with Crippen LogP contribution in [0.5, 0.6) is 0 Å². The fourth-order valence-electron chi connectivity index (χ4n) is 1.89. The highest BCUT2D eigenvalue weighted by atomic mass is 16.5. The molecule has 0 radical (unpaired) electrons. The second kappa shape index (κ2) is 7.26. The lowest BCUT2D eigenvalue weighted by Gasteiger charge is -2.08. The number of rotatable bonds is 5. The van der Waals surface area contributed by atoms with Gasteiger partial charge in [-0.05, 0) is 30.2 Å². The maximum absolute atomic E-state index is 11.7. The number of aryl methyl sites for hydroxylation is 1. The molecule has 0 heterocycles. The van der Waals surface area contributed by atoms with Gasteiger partial charge in [-0.1, -0.05) is 42.0 Å². The number of benzene rings is 2. The molecular formula is C17H18N2O3. The Kier molecular flexibility index (Phi) is 5.14. The fraction of sp³-hybridized carbons (Fsp3) is 0.176. The summed E-state index contributed by atoms with van der Waals surface area (Å²) in [6, 6.07) is 14.6. The van der Waals surface area contributed by atoms with Crippen molar-refractivity contribution in [3.8, 4) is 0 Å². The molecule has 5 nitrogen and oxygen atoms in total. The molecule has 3 N–H and O–H groups in total. The highest BCUT2D eigenvalue weighted by molar-refractivity contribution is 5.84. The van der Waals surface area contributed by atoms with Crippen LogP contribution in [0.25, 0.3) is 0 Å². The molecule has 2 rings (SSSR count). The molecule has 0 aliphatic rings. The van der Waals surface area contributed by atoms with Crippen LogP contribution in [0.2, 0.25) is 0 Å². The van der Waals surface area contributed by atoms with E-state index < -0.39 is 12.0 Å². The molecule has 0 atom stereocenters. The average molecular weight is 298 g/mol. The molecular weight excluding hydrogens is 280 g/mol. The number of carbonyl (C=O) groups is 2. The van der Waals surface area contributed by atoms with Gasteiger partial charge in [0.15, 0.2) is 0 Å². The highest BCUT2D eigenvalue weighted by Crippen LogP contribution is 2.11. The number of ether oxygens (including phenoxy) is 1. The Bertz CT molecular complexity index is 649. The zero-order valence-electron chi connectivity index (χ0n) is 12.3. The second-order valence-corrected chi connectivity index (χ2v) is 5.03. The number of primary amides is 1. The quantitative estimate of drug-likeness (QED) is 0.890. The van der Waals surface area contributed by atoms with Crippen LogP contribution < -0.4 is 11.1 Å². The predicted octanol–water partition coefficient (Wildman–Crippen LogP) is 2.77. The van der Waals surface area contributed by atoms with E-state index in [9.17, 15) is 9.59 Å². The summed E-state index contributed by atoms with van der Waals surface area (Å²) in [6.45, 7) is 2.21. The summed E-state index contributed by atoms with van der Waals surface area (Å²) in [5, 5.41) is 2.63. The van der Waals surface area contributed by atoms with Crippen LogP contribution in [0, 0.1) is 6.92 Å². The van der Waals surface area contributed by atoms with Crippen LogP contribution in [0.15, 0.2) is 48.5 Å². The van der Waals surface area contributed by atoms with Crippen molar-refractivity contribution in [3.05, 3.63) is 65.2 Å². The lowest BCUT2D eigenvalue weighted by molar-refractivity contribution is -0.117. The van der Waals surface area contributed by atoms with Gasteiger partial charge in [-0.25, -0.2) is 4.79 Å². The van der Waals surface area contributed by atoms with Gasteiger partial charge >= 0.3 is 6.09 Å². The van der Waals surface area contributed by atoms with Crippen LogP contribution in [-0.4, -0.2) is 12.0 Å². The number of hydrogen-bond donors (Lipinski definition) is 2. The van der Waals surface area contributed by atoms with Gasteiger partial charge in [-0.3, -0.25) is 10.1 Å². The molecule has 22 heavy (non-hydrogen) atoms. The molecule has 0 saturated carbocycles. The third-order valence-electron chi connectivity index (χ3n) is 3.07. The van der Waals surface area contributed by atoms with Crippen molar-refractivity contribution in [2.45, 2.75) is 20.0 Å². The molecule has 2 aromatic carbocycles. The van der Waals surface area contributed by atoms with Crippen LogP contribution in [0.1, 0.15) is 16.7 Å². The summed E-state index contributed by atoms with van der Waals surface area (Å²) >= 11 is 0. The van der Waals surface area contributed by atoms with Gasteiger partial charge in [0, 0.05) is 5.69 Å². The van der Waals surface area contributed by atoms with Crippen molar-refractivity contribution < 1.29 is 14.3 Å². The van der Waals surface area contributed by atoms with Crippen LogP contribution >= 0.6 is 0 Å². The smallest absolute Gasteiger partial charge is 0.411 e. The first-order valence-electron chi connectivity index (χ1n) is 6.89. The SMILES string of the molecule is Cc1ccc(COC(=O)Nc2ccc(CC(N)=O)cc2)cc1. The van der Waals surface area contributed by atoms with Gasteiger partial charge in [0.2, 0.25) is 5.91 Å². The van der Waals surface area contributed by atoms with Gasteiger partial charge < -0.3 is 10.5 Å². The van der Waals surface area contributed by atoms with E-state index in [-0.39, 0.29) is 13.0 Å². The van der Waals surface area contributed by atoms with E-state index in [1.54, 1.807) is 24.3 Å². The third kappa shape index (κ3) is 4.94. The first-order chi connectivity index (χ1) is 10.5. The van der Waals surface area contributed by atoms with Crippen molar-refractivity contribution >= 4 is 17.7 Å². The molecule has 0 saturated heterocycles. The Morgan fingerprint density at radius 2 is 1.59 bits per heavy atom. The Morgan fingerprint density at radius 3 is 2.18 bits per heavy atom. The van der Waals surface area contributed by atoms with Crippen molar-refractivity contribution in [3.63, 3.8) is 0 Å². The number of hydrogen-bond acceptors (Lipinski definition) is 3. The maximum atomic E-state index is 11.7. The van der Waals surface area contributed by atoms with E-state index >= 15 is 0 Å². The lowest BCUT2D eigenvalue weighted by atomic mass is 10.1. The Morgan fingerprint density at radius 1 is 1.00 bits per heavy atom. The number of anilines is 1. The minimum atomic E-state index is -0.525. The zero-order chi connectivity index (χ0) is 15.9. The summed E-state index contributed by atoms with van der Waals surface area (Å²) < 4.78 is 5.14. The largest absolute Gasteiger partial charge is 0.444 e. The van der Waals surface area contributed by atoms with Gasteiger partial charge in [0.25, 0.3) is 0 Å². The third-order valence-corrected chi connectivity index (χ3v) is 3.07. The first kappa shape index (κ1) is 15.6. The Balaban J connectivity index is 1.83. The number of nitrogens with two attached hydrogens (primary N) is 1. The summed E-state index contributed by atoms with van der Waals surface area (Å²) in [7, 11) is 0. The van der Waals surface area contributed by atoms with Crippen LogP contribution in [0.4, 0.5) is 10.5 Å². The van der Waals surface area contributed by atoms with Gasteiger partial charge in [-0.15, -0.1) is 0 Å². The van der Waals surface area contributed by atoms with Crippen molar-refractivity contribution in [1.29, 1.82) is 0 Å². The summed E-state index contributed by atoms with van der Waals surface area (Å²) in [5.41, 5.74) is 8.60. The first-order valence-corrected chi connectivity index (χ1v) is 6.89. The Labute approximate surface area is 129 Å². The minimum Gasteiger partial charge on any atom is -0.444 e. The lowest BCUT2D eigenvalue weighted by Crippen LogP contribution is -2.14. The number of amides is 2. The zero-order valence-corrected chi connectivity index (χ0v) is 12.3. The van der Waals surface area contributed by atoms with Crippen molar-refractivity contribution in [2.75, 3.05) is 5.32 Å². The number of carbonyl (C=O) groups excluding carboxylic acids is 2. The van der Waals surface area contributed by atoms with Gasteiger partial charge in [-0.2, -0.15) is 0 Å². The topological polar surface area (TPSA) is 81.4 Å². The van der Waals surface area contributed by atoms with Crippen LogP contribution in [0.3, 0.4) is 0 Å². The molecule has 114 valence electrons. The highest BCUT2D eigenvalue weighted by Gasteiger charge is 2.04. The minimum absolute atomic E-state index is 0.179. The summed E-state index contributed by atoms with van der Waals surface area (Å²) in [5.74, 6) is -0.391. The molecule has 0 fully saturated rings. The summed E-state index contributed by atoms with van der Waals surface area (Å²) in [6.07, 6.45) is -0.346.